The Kier molecular flexibility index (Phi) is 1.79. The Balaban J connectivity index is 2.12. The highest BCUT2D eigenvalue weighted by molar-refractivity contribution is 5.50. The van der Waals surface area contributed by atoms with Crippen LogP contribution in [-0.4, -0.2) is 6.54 Å². The first-order chi connectivity index (χ1) is 6.86. The van der Waals surface area contributed by atoms with Gasteiger partial charge in [0.1, 0.15) is 0 Å². The van der Waals surface area contributed by atoms with Gasteiger partial charge in [0.25, 0.3) is 0 Å². The molecule has 0 saturated heterocycles. The number of nitrogens with one attached hydrogen (secondary N) is 1. The van der Waals surface area contributed by atoms with E-state index in [0.29, 0.717) is 0 Å². The molecule has 1 heteroatoms. The van der Waals surface area contributed by atoms with Gasteiger partial charge in [0, 0.05) is 6.54 Å². The van der Waals surface area contributed by atoms with Crippen molar-refractivity contribution >= 4 is 0 Å². The number of rotatable bonds is 0. The molecule has 74 valence electrons. The highest BCUT2D eigenvalue weighted by atomic mass is 14.8. The first-order valence-electron chi connectivity index (χ1n) is 5.69. The van der Waals surface area contributed by atoms with Gasteiger partial charge >= 0.3 is 0 Å². The lowest BCUT2D eigenvalue weighted by Crippen LogP contribution is -2.11. The highest BCUT2D eigenvalue weighted by Gasteiger charge is 2.33. The van der Waals surface area contributed by atoms with E-state index in [0.717, 1.165) is 18.4 Å². The lowest BCUT2D eigenvalue weighted by Gasteiger charge is -2.20. The molecule has 1 N–H and O–H groups in total. The monoisotopic (exact) mass is 187 g/mol. The predicted molar refractivity (Wildman–Crippen MR) is 58.8 cm³/mol. The molecule has 14 heavy (non-hydrogen) atoms. The molecule has 2 unspecified atom stereocenters. The summed E-state index contributed by atoms with van der Waals surface area (Å²) >= 11 is 0. The van der Waals surface area contributed by atoms with Gasteiger partial charge in [-0.05, 0) is 60.1 Å². The smallest absolute Gasteiger partial charge is 0.0363 e. The molecule has 0 bridgehead atoms. The van der Waals surface area contributed by atoms with Gasteiger partial charge < -0.3 is 5.32 Å². The van der Waals surface area contributed by atoms with Crippen LogP contribution in [-0.2, 0) is 0 Å². The summed E-state index contributed by atoms with van der Waals surface area (Å²) in [5, 5.41) is 3.38. The van der Waals surface area contributed by atoms with Gasteiger partial charge in [0.2, 0.25) is 0 Å². The minimum atomic E-state index is 0.795. The predicted octanol–water partition coefficient (Wildman–Crippen LogP) is 2.78. The van der Waals surface area contributed by atoms with E-state index in [2.05, 4.69) is 30.6 Å². The lowest BCUT2D eigenvalue weighted by atomic mass is 9.84. The molecule has 1 heterocycles. The minimum Gasteiger partial charge on any atom is -0.387 e. The van der Waals surface area contributed by atoms with Gasteiger partial charge in [-0.25, -0.2) is 0 Å². The van der Waals surface area contributed by atoms with Crippen molar-refractivity contribution < 1.29 is 0 Å². The molecule has 0 saturated carbocycles. The van der Waals surface area contributed by atoms with Gasteiger partial charge in [0.05, 0.1) is 0 Å². The SMILES string of the molecule is CC1CC2CCC=C3C=CNCC1=C32. The molecule has 3 aliphatic rings. The van der Waals surface area contributed by atoms with Crippen molar-refractivity contribution in [3.8, 4) is 0 Å². The van der Waals surface area contributed by atoms with Crippen LogP contribution in [0.3, 0.4) is 0 Å². The Hall–Kier alpha value is -0.980. The third-order valence-corrected chi connectivity index (χ3v) is 3.85. The Morgan fingerprint density at radius 2 is 2.36 bits per heavy atom. The van der Waals surface area contributed by atoms with Crippen LogP contribution in [0.1, 0.15) is 26.2 Å². The fourth-order valence-corrected chi connectivity index (χ4v) is 3.19. The summed E-state index contributed by atoms with van der Waals surface area (Å²) in [7, 11) is 0. The molecule has 0 aromatic heterocycles. The zero-order valence-corrected chi connectivity index (χ0v) is 8.72. The lowest BCUT2D eigenvalue weighted by molar-refractivity contribution is 0.493. The van der Waals surface area contributed by atoms with Crippen molar-refractivity contribution in [2.75, 3.05) is 6.54 Å². The van der Waals surface area contributed by atoms with Crippen LogP contribution in [0.25, 0.3) is 0 Å². The molecular weight excluding hydrogens is 170 g/mol. The van der Waals surface area contributed by atoms with E-state index in [4.69, 9.17) is 0 Å². The average Bonchev–Trinajstić information content (AvgIpc) is 2.39. The van der Waals surface area contributed by atoms with Crippen LogP contribution in [0, 0.1) is 11.8 Å². The summed E-state index contributed by atoms with van der Waals surface area (Å²) in [5.41, 5.74) is 4.86. The highest BCUT2D eigenvalue weighted by Crippen LogP contribution is 2.45. The second kappa shape index (κ2) is 3.01. The average molecular weight is 187 g/mol. The molecule has 0 radical (unpaired) electrons. The van der Waals surface area contributed by atoms with Crippen molar-refractivity contribution in [1.82, 2.24) is 5.32 Å². The topological polar surface area (TPSA) is 12.0 Å². The molecule has 0 spiro atoms. The van der Waals surface area contributed by atoms with Gasteiger partial charge in [-0.1, -0.05) is 13.0 Å². The van der Waals surface area contributed by atoms with E-state index in [1.807, 2.05) is 0 Å². The van der Waals surface area contributed by atoms with Gasteiger partial charge in [0.15, 0.2) is 0 Å². The van der Waals surface area contributed by atoms with Crippen molar-refractivity contribution in [2.45, 2.75) is 26.2 Å². The van der Waals surface area contributed by atoms with Crippen LogP contribution in [0.5, 0.6) is 0 Å². The minimum absolute atomic E-state index is 0.795. The molecule has 3 rings (SSSR count). The van der Waals surface area contributed by atoms with Gasteiger partial charge in [-0.15, -0.1) is 0 Å². The van der Waals surface area contributed by atoms with Crippen LogP contribution in [0.2, 0.25) is 0 Å². The molecule has 0 fully saturated rings. The van der Waals surface area contributed by atoms with Gasteiger partial charge in [-0.3, -0.25) is 0 Å². The van der Waals surface area contributed by atoms with E-state index >= 15 is 0 Å². The maximum absolute atomic E-state index is 3.38. The van der Waals surface area contributed by atoms with Crippen LogP contribution in [0.15, 0.2) is 35.1 Å². The Bertz CT molecular complexity index is 346. The van der Waals surface area contributed by atoms with Crippen LogP contribution in [0.4, 0.5) is 0 Å². The third-order valence-electron chi connectivity index (χ3n) is 3.85. The van der Waals surface area contributed by atoms with E-state index in [9.17, 15) is 0 Å². The Labute approximate surface area is 85.6 Å². The van der Waals surface area contributed by atoms with Crippen molar-refractivity contribution in [1.29, 1.82) is 0 Å². The van der Waals surface area contributed by atoms with E-state index in [1.54, 1.807) is 11.1 Å². The van der Waals surface area contributed by atoms with Crippen molar-refractivity contribution in [2.24, 2.45) is 11.8 Å². The quantitative estimate of drug-likeness (QED) is 0.615. The van der Waals surface area contributed by atoms with Crippen molar-refractivity contribution in [3.05, 3.63) is 35.1 Å². The number of hydrogen-bond donors (Lipinski definition) is 1. The van der Waals surface area contributed by atoms with Crippen molar-refractivity contribution in [3.63, 3.8) is 0 Å². The maximum atomic E-state index is 3.38. The largest absolute Gasteiger partial charge is 0.387 e. The molecule has 0 aromatic rings. The second-order valence-corrected chi connectivity index (χ2v) is 4.72. The van der Waals surface area contributed by atoms with Crippen LogP contribution >= 0.6 is 0 Å². The number of allylic oxidation sites excluding steroid dienone is 4. The first-order valence-corrected chi connectivity index (χ1v) is 5.69. The normalized spacial score (nSPS) is 34.8. The zero-order valence-electron chi connectivity index (χ0n) is 8.72. The van der Waals surface area contributed by atoms with E-state index in [-0.39, 0.29) is 0 Å². The zero-order chi connectivity index (χ0) is 9.54. The summed E-state index contributed by atoms with van der Waals surface area (Å²) in [6.45, 7) is 3.45. The summed E-state index contributed by atoms with van der Waals surface area (Å²) in [6, 6.07) is 0. The van der Waals surface area contributed by atoms with E-state index < -0.39 is 0 Å². The summed E-state index contributed by atoms with van der Waals surface area (Å²) in [6.07, 6.45) is 10.8. The molecule has 0 aromatic carbocycles. The summed E-state index contributed by atoms with van der Waals surface area (Å²) < 4.78 is 0. The molecule has 2 aliphatic carbocycles. The summed E-state index contributed by atoms with van der Waals surface area (Å²) in [4.78, 5) is 0. The molecule has 0 amide bonds. The fraction of sp³-hybridized carbons (Fsp3) is 0.538. The Morgan fingerprint density at radius 3 is 3.29 bits per heavy atom. The molecule has 1 aliphatic heterocycles. The standard InChI is InChI=1S/C13H17N/c1-9-7-11-4-2-3-10-5-6-14-8-12(9)13(10)11/h3,5-6,9,11,14H,2,4,7-8H2,1H3. The Morgan fingerprint density at radius 1 is 1.43 bits per heavy atom. The third kappa shape index (κ3) is 1.08. The molecular formula is C13H17N. The van der Waals surface area contributed by atoms with Gasteiger partial charge in [-0.2, -0.15) is 0 Å². The van der Waals surface area contributed by atoms with Crippen LogP contribution < -0.4 is 5.32 Å². The molecule has 2 atom stereocenters. The fourth-order valence-electron chi connectivity index (χ4n) is 3.19. The maximum Gasteiger partial charge on any atom is 0.0363 e. The second-order valence-electron chi connectivity index (χ2n) is 4.72. The number of hydrogen-bond acceptors (Lipinski definition) is 1. The molecule has 1 nitrogen and oxygen atoms in total. The summed E-state index contributed by atoms with van der Waals surface area (Å²) in [5.74, 6) is 1.66. The first kappa shape index (κ1) is 8.34. The van der Waals surface area contributed by atoms with E-state index in [1.165, 1.54) is 24.8 Å².